The standard InChI is InChI=1S/C14H17BrN2O6S3/c15-9-1-3-10(4-2-9)26(22,23)17-13-7-24(18,19)5-11(13)16-12-6-25(20,21)8-14(12)17/h1-4,11-14,16H,5-8H2/t11-,12+,13+,14-. The van der Waals surface area contributed by atoms with Gasteiger partial charge in [0.1, 0.15) is 0 Å². The van der Waals surface area contributed by atoms with Crippen molar-refractivity contribution in [3.8, 4) is 0 Å². The smallest absolute Gasteiger partial charge is 0.243 e. The molecule has 0 amide bonds. The average molecular weight is 485 g/mol. The Kier molecular flexibility index (Phi) is 4.33. The maximum atomic E-state index is 13.3. The summed E-state index contributed by atoms with van der Waals surface area (Å²) in [4.78, 5) is 0.0219. The summed E-state index contributed by atoms with van der Waals surface area (Å²) in [5.41, 5.74) is 0. The SMILES string of the molecule is O=S1(=O)C[C@@H]2N[C@@H]3CS(=O)(=O)C[C@@H]3N(S(=O)(=O)c3ccc(Br)cc3)[C@@H]2C1. The monoisotopic (exact) mass is 484 g/mol. The number of hydrogen-bond acceptors (Lipinski definition) is 7. The van der Waals surface area contributed by atoms with Crippen LogP contribution in [0.2, 0.25) is 0 Å². The van der Waals surface area contributed by atoms with Gasteiger partial charge in [-0.05, 0) is 24.3 Å². The van der Waals surface area contributed by atoms with Crippen LogP contribution < -0.4 is 5.32 Å². The van der Waals surface area contributed by atoms with E-state index in [9.17, 15) is 25.3 Å². The lowest BCUT2D eigenvalue weighted by Gasteiger charge is -2.43. The molecule has 0 aromatic heterocycles. The van der Waals surface area contributed by atoms with E-state index >= 15 is 0 Å². The number of sulfone groups is 2. The van der Waals surface area contributed by atoms with E-state index in [1.54, 1.807) is 12.1 Å². The number of fused-ring (bicyclic) bond motifs is 2. The van der Waals surface area contributed by atoms with Crippen LogP contribution in [-0.4, -0.2) is 76.7 Å². The average Bonchev–Trinajstić information content (AvgIpc) is 2.96. The third kappa shape index (κ3) is 3.14. The van der Waals surface area contributed by atoms with Crippen molar-refractivity contribution in [3.05, 3.63) is 28.7 Å². The second-order valence-corrected chi connectivity index (χ2v) is 14.0. The van der Waals surface area contributed by atoms with E-state index in [2.05, 4.69) is 21.2 Å². The predicted molar refractivity (Wildman–Crippen MR) is 98.8 cm³/mol. The topological polar surface area (TPSA) is 118 Å². The van der Waals surface area contributed by atoms with E-state index in [1.165, 1.54) is 12.1 Å². The molecule has 0 saturated carbocycles. The van der Waals surface area contributed by atoms with Crippen molar-refractivity contribution < 1.29 is 25.3 Å². The molecule has 0 spiro atoms. The summed E-state index contributed by atoms with van der Waals surface area (Å²) >= 11 is 3.25. The molecule has 0 unspecified atom stereocenters. The molecule has 0 aliphatic carbocycles. The number of rotatable bonds is 2. The van der Waals surface area contributed by atoms with Crippen LogP contribution in [0.3, 0.4) is 0 Å². The molecule has 4 rings (SSSR count). The fourth-order valence-corrected chi connectivity index (χ4v) is 10.2. The molecular formula is C14H17BrN2O6S3. The lowest BCUT2D eigenvalue weighted by atomic mass is 10.0. The molecule has 0 radical (unpaired) electrons. The van der Waals surface area contributed by atoms with Gasteiger partial charge < -0.3 is 5.32 Å². The molecule has 3 aliphatic rings. The van der Waals surface area contributed by atoms with Gasteiger partial charge in [-0.25, -0.2) is 25.3 Å². The number of nitrogens with zero attached hydrogens (tertiary/aromatic N) is 1. The maximum absolute atomic E-state index is 13.3. The normalized spacial score (nSPS) is 35.7. The number of piperazine rings is 1. The van der Waals surface area contributed by atoms with Crippen molar-refractivity contribution in [1.82, 2.24) is 9.62 Å². The Hall–Kier alpha value is -0.530. The molecule has 3 fully saturated rings. The van der Waals surface area contributed by atoms with E-state index in [0.717, 1.165) is 4.31 Å². The van der Waals surface area contributed by atoms with Gasteiger partial charge in [0, 0.05) is 16.6 Å². The zero-order chi connectivity index (χ0) is 18.9. The lowest BCUT2D eigenvalue weighted by Crippen LogP contribution is -2.67. The summed E-state index contributed by atoms with van der Waals surface area (Å²) in [5, 5.41) is 3.08. The molecule has 3 heterocycles. The Morgan fingerprint density at radius 1 is 0.885 bits per heavy atom. The van der Waals surface area contributed by atoms with Gasteiger partial charge in [-0.2, -0.15) is 4.31 Å². The van der Waals surface area contributed by atoms with Crippen LogP contribution in [0.25, 0.3) is 0 Å². The van der Waals surface area contributed by atoms with Gasteiger partial charge in [0.15, 0.2) is 19.7 Å². The van der Waals surface area contributed by atoms with Gasteiger partial charge in [-0.1, -0.05) is 15.9 Å². The van der Waals surface area contributed by atoms with Crippen LogP contribution >= 0.6 is 15.9 Å². The molecular weight excluding hydrogens is 468 g/mol. The second-order valence-electron chi connectivity index (χ2n) is 6.96. The van der Waals surface area contributed by atoms with Crippen molar-refractivity contribution in [2.24, 2.45) is 0 Å². The maximum Gasteiger partial charge on any atom is 0.243 e. The number of hydrogen-bond donors (Lipinski definition) is 1. The number of sulfonamides is 1. The first-order valence-corrected chi connectivity index (χ1v) is 13.8. The first-order valence-electron chi connectivity index (χ1n) is 7.95. The number of benzene rings is 1. The Morgan fingerprint density at radius 2 is 1.35 bits per heavy atom. The van der Waals surface area contributed by atoms with Crippen LogP contribution in [0, 0.1) is 0 Å². The summed E-state index contributed by atoms with van der Waals surface area (Å²) in [6, 6.07) is 3.23. The Labute approximate surface area is 161 Å². The Balaban J connectivity index is 1.83. The summed E-state index contributed by atoms with van der Waals surface area (Å²) in [5.74, 6) is -0.978. The highest BCUT2D eigenvalue weighted by Gasteiger charge is 2.57. The molecule has 144 valence electrons. The van der Waals surface area contributed by atoms with Crippen LogP contribution in [0.15, 0.2) is 33.6 Å². The van der Waals surface area contributed by atoms with Gasteiger partial charge in [-0.15, -0.1) is 0 Å². The Morgan fingerprint density at radius 3 is 1.81 bits per heavy atom. The molecule has 1 N–H and O–H groups in total. The molecule has 12 heteroatoms. The van der Waals surface area contributed by atoms with Gasteiger partial charge in [0.2, 0.25) is 10.0 Å². The van der Waals surface area contributed by atoms with Crippen molar-refractivity contribution in [2.75, 3.05) is 23.0 Å². The predicted octanol–water partition coefficient (Wildman–Crippen LogP) is -0.626. The quantitative estimate of drug-likeness (QED) is 0.593. The molecule has 3 aliphatic heterocycles. The molecule has 3 saturated heterocycles. The van der Waals surface area contributed by atoms with Crippen LogP contribution in [-0.2, 0) is 29.7 Å². The Bertz CT molecular complexity index is 1000. The molecule has 1 aromatic carbocycles. The minimum Gasteiger partial charge on any atom is -0.306 e. The summed E-state index contributed by atoms with van der Waals surface area (Å²) in [6.07, 6.45) is 0. The van der Waals surface area contributed by atoms with Gasteiger partial charge >= 0.3 is 0 Å². The molecule has 8 nitrogen and oxygen atoms in total. The first-order chi connectivity index (χ1) is 12.0. The van der Waals surface area contributed by atoms with Crippen LogP contribution in [0.4, 0.5) is 0 Å². The van der Waals surface area contributed by atoms with E-state index in [-0.39, 0.29) is 27.9 Å². The van der Waals surface area contributed by atoms with Crippen LogP contribution in [0.1, 0.15) is 0 Å². The molecule has 26 heavy (non-hydrogen) atoms. The molecule has 0 bridgehead atoms. The number of halogens is 1. The van der Waals surface area contributed by atoms with Crippen molar-refractivity contribution in [2.45, 2.75) is 29.1 Å². The third-order valence-electron chi connectivity index (χ3n) is 5.12. The first kappa shape index (κ1) is 18.8. The largest absolute Gasteiger partial charge is 0.306 e. The fourth-order valence-electron chi connectivity index (χ4n) is 4.08. The van der Waals surface area contributed by atoms with Crippen molar-refractivity contribution in [1.29, 1.82) is 0 Å². The summed E-state index contributed by atoms with van der Waals surface area (Å²) in [7, 11) is -10.8. The summed E-state index contributed by atoms with van der Waals surface area (Å²) < 4.78 is 76.9. The fraction of sp³-hybridized carbons (Fsp3) is 0.571. The van der Waals surface area contributed by atoms with Crippen molar-refractivity contribution >= 4 is 45.6 Å². The zero-order valence-corrected chi connectivity index (χ0v) is 17.5. The second kappa shape index (κ2) is 5.98. The van der Waals surface area contributed by atoms with Gasteiger partial charge in [0.25, 0.3) is 0 Å². The van der Waals surface area contributed by atoms with E-state index < -0.39 is 53.9 Å². The van der Waals surface area contributed by atoms with Gasteiger partial charge in [-0.3, -0.25) is 0 Å². The highest BCUT2D eigenvalue weighted by Crippen LogP contribution is 2.36. The highest BCUT2D eigenvalue weighted by atomic mass is 79.9. The highest BCUT2D eigenvalue weighted by molar-refractivity contribution is 9.10. The minimum absolute atomic E-state index is 0.0219. The minimum atomic E-state index is -4.04. The van der Waals surface area contributed by atoms with E-state index in [1.807, 2.05) is 0 Å². The zero-order valence-electron chi connectivity index (χ0n) is 13.4. The third-order valence-corrected chi connectivity index (χ3v) is 11.0. The molecule has 4 atom stereocenters. The number of nitrogens with one attached hydrogen (secondary N) is 1. The van der Waals surface area contributed by atoms with Crippen molar-refractivity contribution in [3.63, 3.8) is 0 Å². The van der Waals surface area contributed by atoms with E-state index in [4.69, 9.17) is 0 Å². The summed E-state index contributed by atoms with van der Waals surface area (Å²) in [6.45, 7) is 0. The van der Waals surface area contributed by atoms with Gasteiger partial charge in [0.05, 0.1) is 40.0 Å². The van der Waals surface area contributed by atoms with E-state index in [0.29, 0.717) is 4.47 Å². The lowest BCUT2D eigenvalue weighted by molar-refractivity contribution is 0.160. The van der Waals surface area contributed by atoms with Crippen LogP contribution in [0.5, 0.6) is 0 Å². The molecule has 1 aromatic rings.